The monoisotopic (exact) mass is 264 g/mol. The molecule has 0 unspecified atom stereocenters. The van der Waals surface area contributed by atoms with E-state index in [9.17, 15) is 0 Å². The van der Waals surface area contributed by atoms with E-state index < -0.39 is 0 Å². The van der Waals surface area contributed by atoms with Crippen molar-refractivity contribution in [2.45, 2.75) is 32.2 Å². The highest BCUT2D eigenvalue weighted by Crippen LogP contribution is 2.34. The Labute approximate surface area is 114 Å². The van der Waals surface area contributed by atoms with Crippen LogP contribution in [0.15, 0.2) is 18.2 Å². The summed E-state index contributed by atoms with van der Waals surface area (Å²) in [6.07, 6.45) is 5.65. The molecule has 0 aliphatic heterocycles. The number of hydrogen-bond acceptors (Lipinski definition) is 2. The second kappa shape index (κ2) is 5.10. The zero-order chi connectivity index (χ0) is 12.5. The van der Waals surface area contributed by atoms with Gasteiger partial charge in [0.15, 0.2) is 0 Å². The molecule has 2 saturated carbocycles. The molecule has 2 fully saturated rings. The Morgan fingerprint density at radius 2 is 1.72 bits per heavy atom. The zero-order valence-corrected chi connectivity index (χ0v) is 11.5. The highest BCUT2D eigenvalue weighted by molar-refractivity contribution is 6.31. The molecule has 98 valence electrons. The van der Waals surface area contributed by atoms with E-state index >= 15 is 0 Å². The van der Waals surface area contributed by atoms with Gasteiger partial charge in [-0.3, -0.25) is 4.90 Å². The molecule has 3 rings (SSSR count). The summed E-state index contributed by atoms with van der Waals surface area (Å²) in [7, 11) is 0. The summed E-state index contributed by atoms with van der Waals surface area (Å²) in [5, 5.41) is 0.812. The minimum Gasteiger partial charge on any atom is -0.399 e. The highest BCUT2D eigenvalue weighted by Gasteiger charge is 2.29. The van der Waals surface area contributed by atoms with Crippen molar-refractivity contribution in [2.24, 2.45) is 11.8 Å². The van der Waals surface area contributed by atoms with Gasteiger partial charge in [-0.15, -0.1) is 0 Å². The lowest BCUT2D eigenvalue weighted by atomic mass is 10.1. The molecule has 0 aromatic heterocycles. The van der Waals surface area contributed by atoms with Crippen molar-refractivity contribution in [2.75, 3.05) is 18.8 Å². The van der Waals surface area contributed by atoms with E-state index in [2.05, 4.69) is 11.0 Å². The topological polar surface area (TPSA) is 29.3 Å². The summed E-state index contributed by atoms with van der Waals surface area (Å²) >= 11 is 6.27. The SMILES string of the molecule is Nc1ccc(CN(CC2CC2)CC2CC2)c(Cl)c1. The fourth-order valence-corrected chi connectivity index (χ4v) is 2.72. The number of halogens is 1. The Hall–Kier alpha value is -0.730. The third-order valence-electron chi connectivity index (χ3n) is 3.90. The summed E-state index contributed by atoms with van der Waals surface area (Å²) < 4.78 is 0. The third kappa shape index (κ3) is 3.39. The summed E-state index contributed by atoms with van der Waals surface area (Å²) in [5.74, 6) is 1.88. The Morgan fingerprint density at radius 3 is 2.22 bits per heavy atom. The maximum Gasteiger partial charge on any atom is 0.0471 e. The Kier molecular flexibility index (Phi) is 3.49. The third-order valence-corrected chi connectivity index (χ3v) is 4.25. The van der Waals surface area contributed by atoms with Gasteiger partial charge in [0.25, 0.3) is 0 Å². The van der Waals surface area contributed by atoms with Crippen LogP contribution >= 0.6 is 11.6 Å². The predicted molar refractivity (Wildman–Crippen MR) is 76.6 cm³/mol. The normalized spacial score (nSPS) is 19.4. The second-order valence-corrected chi connectivity index (χ2v) is 6.34. The molecule has 1 aromatic carbocycles. The van der Waals surface area contributed by atoms with Gasteiger partial charge in [0.05, 0.1) is 0 Å². The van der Waals surface area contributed by atoms with Crippen LogP contribution in [0.4, 0.5) is 5.69 Å². The van der Waals surface area contributed by atoms with Gasteiger partial charge in [0, 0.05) is 30.3 Å². The van der Waals surface area contributed by atoms with Crippen LogP contribution in [0.2, 0.25) is 5.02 Å². The van der Waals surface area contributed by atoms with Crippen LogP contribution in [-0.2, 0) is 6.54 Å². The lowest BCUT2D eigenvalue weighted by molar-refractivity contribution is 0.244. The van der Waals surface area contributed by atoms with Gasteiger partial charge < -0.3 is 5.73 Å². The van der Waals surface area contributed by atoms with Crippen molar-refractivity contribution in [3.8, 4) is 0 Å². The molecule has 2 aliphatic rings. The van der Waals surface area contributed by atoms with E-state index in [-0.39, 0.29) is 0 Å². The Balaban J connectivity index is 1.65. The first-order chi connectivity index (χ1) is 8.70. The summed E-state index contributed by atoms with van der Waals surface area (Å²) in [4.78, 5) is 2.59. The second-order valence-electron chi connectivity index (χ2n) is 5.93. The van der Waals surface area contributed by atoms with Crippen molar-refractivity contribution in [3.63, 3.8) is 0 Å². The van der Waals surface area contributed by atoms with Crippen LogP contribution in [0.5, 0.6) is 0 Å². The molecule has 18 heavy (non-hydrogen) atoms. The Morgan fingerprint density at radius 1 is 1.11 bits per heavy atom. The van der Waals surface area contributed by atoms with Crippen molar-refractivity contribution in [1.29, 1.82) is 0 Å². The molecule has 2 N–H and O–H groups in total. The van der Waals surface area contributed by atoms with E-state index in [0.29, 0.717) is 0 Å². The van der Waals surface area contributed by atoms with E-state index in [4.69, 9.17) is 17.3 Å². The van der Waals surface area contributed by atoms with Gasteiger partial charge in [0.1, 0.15) is 0 Å². The van der Waals surface area contributed by atoms with Gasteiger partial charge in [0.2, 0.25) is 0 Å². The van der Waals surface area contributed by atoms with E-state index in [1.54, 1.807) is 0 Å². The fourth-order valence-electron chi connectivity index (χ4n) is 2.47. The van der Waals surface area contributed by atoms with Crippen LogP contribution in [0.3, 0.4) is 0 Å². The number of benzene rings is 1. The minimum atomic E-state index is 0.750. The molecule has 0 atom stereocenters. The largest absolute Gasteiger partial charge is 0.399 e. The molecule has 0 bridgehead atoms. The molecular weight excluding hydrogens is 244 g/mol. The predicted octanol–water partition coefficient (Wildman–Crippen LogP) is 3.54. The molecule has 3 heteroatoms. The Bertz CT molecular complexity index is 411. The first-order valence-electron chi connectivity index (χ1n) is 6.97. The smallest absolute Gasteiger partial charge is 0.0471 e. The number of hydrogen-bond donors (Lipinski definition) is 1. The number of rotatable bonds is 6. The molecule has 0 amide bonds. The first kappa shape index (κ1) is 12.3. The van der Waals surface area contributed by atoms with Gasteiger partial charge >= 0.3 is 0 Å². The average molecular weight is 265 g/mol. The van der Waals surface area contributed by atoms with Gasteiger partial charge in [-0.25, -0.2) is 0 Å². The minimum absolute atomic E-state index is 0.750. The van der Waals surface area contributed by atoms with Gasteiger partial charge in [-0.1, -0.05) is 17.7 Å². The number of nitrogen functional groups attached to an aromatic ring is 1. The molecule has 0 radical (unpaired) electrons. The van der Waals surface area contributed by atoms with E-state index in [0.717, 1.165) is 29.1 Å². The van der Waals surface area contributed by atoms with Crippen LogP contribution in [-0.4, -0.2) is 18.0 Å². The summed E-state index contributed by atoms with van der Waals surface area (Å²) in [6, 6.07) is 5.89. The summed E-state index contributed by atoms with van der Waals surface area (Å²) in [6.45, 7) is 3.47. The molecule has 0 heterocycles. The molecule has 2 nitrogen and oxygen atoms in total. The highest BCUT2D eigenvalue weighted by atomic mass is 35.5. The van der Waals surface area contributed by atoms with Crippen LogP contribution in [0.1, 0.15) is 31.2 Å². The van der Waals surface area contributed by atoms with Crippen molar-refractivity contribution in [1.82, 2.24) is 4.90 Å². The van der Waals surface area contributed by atoms with Gasteiger partial charge in [-0.05, 0) is 55.2 Å². The fraction of sp³-hybridized carbons (Fsp3) is 0.600. The van der Waals surface area contributed by atoms with E-state index in [1.807, 2.05) is 12.1 Å². The average Bonchev–Trinajstić information content (AvgIpc) is 3.18. The standard InChI is InChI=1S/C15H21ClN2/c16-15-7-14(17)6-5-13(15)10-18(8-11-1-2-11)9-12-3-4-12/h5-7,11-12H,1-4,8-10,17H2. The number of nitrogens with zero attached hydrogens (tertiary/aromatic N) is 1. The lowest BCUT2D eigenvalue weighted by Crippen LogP contribution is -2.28. The quantitative estimate of drug-likeness (QED) is 0.797. The number of nitrogens with two attached hydrogens (primary N) is 1. The molecule has 0 spiro atoms. The van der Waals surface area contributed by atoms with Crippen LogP contribution in [0.25, 0.3) is 0 Å². The molecular formula is C15H21ClN2. The van der Waals surface area contributed by atoms with E-state index in [1.165, 1.54) is 44.3 Å². The molecule has 0 saturated heterocycles. The first-order valence-corrected chi connectivity index (χ1v) is 7.35. The van der Waals surface area contributed by atoms with Gasteiger partial charge in [-0.2, -0.15) is 0 Å². The van der Waals surface area contributed by atoms with Crippen molar-refractivity contribution in [3.05, 3.63) is 28.8 Å². The lowest BCUT2D eigenvalue weighted by Gasteiger charge is -2.22. The summed E-state index contributed by atoms with van der Waals surface area (Å²) in [5.41, 5.74) is 7.71. The maximum atomic E-state index is 6.27. The van der Waals surface area contributed by atoms with Crippen molar-refractivity contribution < 1.29 is 0 Å². The number of anilines is 1. The molecule has 1 aromatic rings. The van der Waals surface area contributed by atoms with Crippen LogP contribution < -0.4 is 5.73 Å². The van der Waals surface area contributed by atoms with Crippen molar-refractivity contribution >= 4 is 17.3 Å². The zero-order valence-electron chi connectivity index (χ0n) is 10.7. The maximum absolute atomic E-state index is 6.27. The molecule has 2 aliphatic carbocycles. The van der Waals surface area contributed by atoms with Crippen LogP contribution in [0, 0.1) is 11.8 Å².